The van der Waals surface area contributed by atoms with Crippen molar-refractivity contribution < 1.29 is 26.8 Å². The molecule has 1 N–H and O–H groups in total. The molecule has 2 rings (SSSR count). The molecule has 0 fully saturated rings. The highest BCUT2D eigenvalue weighted by Gasteiger charge is 2.27. The molecular weight excluding hydrogens is 461 g/mol. The van der Waals surface area contributed by atoms with Gasteiger partial charge in [0, 0.05) is 17.1 Å². The minimum atomic E-state index is -4.75. The standard InChI is InChI=1S/C19H18Cl2F2N2O4S/c1-2-9-25(11-17(26)24-16-8-5-13(20)10-15(16)21)18(27)12-3-6-14(7-4-12)30(28,29)19(22)23/h3-8,10,19H,2,9,11H2,1H3,(H,24,26). The summed E-state index contributed by atoms with van der Waals surface area (Å²) in [5.41, 5.74) is 0.394. The normalized spacial score (nSPS) is 11.4. The number of carbonyl (C=O) groups is 2. The number of benzene rings is 2. The topological polar surface area (TPSA) is 83.6 Å². The first-order chi connectivity index (χ1) is 14.1. The number of rotatable bonds is 8. The second-order valence-corrected chi connectivity index (χ2v) is 8.99. The fourth-order valence-corrected chi connectivity index (χ4v) is 3.73. The second-order valence-electron chi connectivity index (χ2n) is 6.23. The number of carbonyl (C=O) groups excluding carboxylic acids is 2. The first kappa shape index (κ1) is 24.0. The molecule has 0 aliphatic rings. The third-order valence-electron chi connectivity index (χ3n) is 3.98. The Balaban J connectivity index is 2.15. The van der Waals surface area contributed by atoms with Gasteiger partial charge in [-0.3, -0.25) is 9.59 Å². The van der Waals surface area contributed by atoms with E-state index in [2.05, 4.69) is 5.32 Å². The third kappa shape index (κ3) is 5.90. The molecule has 162 valence electrons. The summed E-state index contributed by atoms with van der Waals surface area (Å²) >= 11 is 11.8. The fraction of sp³-hybridized carbons (Fsp3) is 0.263. The molecule has 0 radical (unpaired) electrons. The van der Waals surface area contributed by atoms with Gasteiger partial charge in [0.15, 0.2) is 0 Å². The Labute approximate surface area is 182 Å². The van der Waals surface area contributed by atoms with E-state index in [1.54, 1.807) is 6.07 Å². The van der Waals surface area contributed by atoms with Crippen molar-refractivity contribution in [3.63, 3.8) is 0 Å². The van der Waals surface area contributed by atoms with E-state index in [0.29, 0.717) is 17.1 Å². The van der Waals surface area contributed by atoms with E-state index in [0.717, 1.165) is 24.3 Å². The number of nitrogens with one attached hydrogen (secondary N) is 1. The van der Waals surface area contributed by atoms with Gasteiger partial charge in [-0.1, -0.05) is 30.1 Å². The molecule has 0 bridgehead atoms. The zero-order chi connectivity index (χ0) is 22.5. The van der Waals surface area contributed by atoms with E-state index >= 15 is 0 Å². The molecule has 2 aromatic rings. The first-order valence-corrected chi connectivity index (χ1v) is 11.0. The van der Waals surface area contributed by atoms with Gasteiger partial charge in [0.1, 0.15) is 6.54 Å². The average Bonchev–Trinajstić information content (AvgIpc) is 2.69. The lowest BCUT2D eigenvalue weighted by molar-refractivity contribution is -0.116. The third-order valence-corrected chi connectivity index (χ3v) is 5.93. The molecule has 2 aromatic carbocycles. The minimum absolute atomic E-state index is 0.0639. The minimum Gasteiger partial charge on any atom is -0.329 e. The quantitative estimate of drug-likeness (QED) is 0.605. The Morgan fingerprint density at radius 3 is 2.27 bits per heavy atom. The summed E-state index contributed by atoms with van der Waals surface area (Å²) in [4.78, 5) is 25.8. The van der Waals surface area contributed by atoms with Gasteiger partial charge in [-0.25, -0.2) is 8.42 Å². The van der Waals surface area contributed by atoms with E-state index in [1.165, 1.54) is 17.0 Å². The van der Waals surface area contributed by atoms with E-state index in [4.69, 9.17) is 23.2 Å². The predicted octanol–water partition coefficient (Wildman–Crippen LogP) is 4.48. The summed E-state index contributed by atoms with van der Waals surface area (Å²) in [6, 6.07) is 8.67. The number of anilines is 1. The summed E-state index contributed by atoms with van der Waals surface area (Å²) in [6.45, 7) is 1.77. The van der Waals surface area contributed by atoms with Crippen LogP contribution < -0.4 is 5.32 Å². The van der Waals surface area contributed by atoms with Gasteiger partial charge in [-0.05, 0) is 48.9 Å². The molecule has 0 spiro atoms. The second kappa shape index (κ2) is 10.2. The zero-order valence-electron chi connectivity index (χ0n) is 15.7. The summed E-state index contributed by atoms with van der Waals surface area (Å²) < 4.78 is 48.3. The summed E-state index contributed by atoms with van der Waals surface area (Å²) in [7, 11) is -4.75. The maximum atomic E-state index is 12.7. The average molecular weight is 479 g/mol. The number of amides is 2. The number of hydrogen-bond donors (Lipinski definition) is 1. The van der Waals surface area contributed by atoms with Crippen LogP contribution in [0.4, 0.5) is 14.5 Å². The van der Waals surface area contributed by atoms with Gasteiger partial charge in [-0.15, -0.1) is 0 Å². The van der Waals surface area contributed by atoms with Crippen LogP contribution in [-0.2, 0) is 14.6 Å². The van der Waals surface area contributed by atoms with Crippen LogP contribution in [0.5, 0.6) is 0 Å². The zero-order valence-corrected chi connectivity index (χ0v) is 18.1. The number of nitrogens with zero attached hydrogens (tertiary/aromatic N) is 1. The molecule has 0 saturated heterocycles. The van der Waals surface area contributed by atoms with Crippen molar-refractivity contribution >= 4 is 50.5 Å². The fourth-order valence-electron chi connectivity index (χ4n) is 2.55. The SMILES string of the molecule is CCCN(CC(=O)Nc1ccc(Cl)cc1Cl)C(=O)c1ccc(S(=O)(=O)C(F)F)cc1. The number of sulfone groups is 1. The highest BCUT2D eigenvalue weighted by atomic mass is 35.5. The molecule has 6 nitrogen and oxygen atoms in total. The Hall–Kier alpha value is -2.23. The molecule has 2 amide bonds. The molecule has 0 saturated carbocycles. The van der Waals surface area contributed by atoms with E-state index in [-0.39, 0.29) is 23.7 Å². The predicted molar refractivity (Wildman–Crippen MR) is 111 cm³/mol. The lowest BCUT2D eigenvalue weighted by Gasteiger charge is -2.22. The Bertz CT molecular complexity index is 1030. The van der Waals surface area contributed by atoms with Crippen LogP contribution in [0.15, 0.2) is 47.4 Å². The van der Waals surface area contributed by atoms with Crippen molar-refractivity contribution in [2.75, 3.05) is 18.4 Å². The van der Waals surface area contributed by atoms with Gasteiger partial charge >= 0.3 is 5.76 Å². The van der Waals surface area contributed by atoms with Gasteiger partial charge in [0.25, 0.3) is 5.91 Å². The van der Waals surface area contributed by atoms with Gasteiger partial charge in [-0.2, -0.15) is 8.78 Å². The largest absolute Gasteiger partial charge is 0.341 e. The van der Waals surface area contributed by atoms with E-state index < -0.39 is 32.3 Å². The highest BCUT2D eigenvalue weighted by molar-refractivity contribution is 7.91. The smallest absolute Gasteiger partial charge is 0.329 e. The lowest BCUT2D eigenvalue weighted by atomic mass is 10.2. The van der Waals surface area contributed by atoms with Crippen LogP contribution in [0.25, 0.3) is 0 Å². The van der Waals surface area contributed by atoms with Crippen LogP contribution in [0.1, 0.15) is 23.7 Å². The summed E-state index contributed by atoms with van der Waals surface area (Å²) in [5, 5.41) is 3.23. The molecule has 30 heavy (non-hydrogen) atoms. The van der Waals surface area contributed by atoms with E-state index in [9.17, 15) is 26.8 Å². The molecule has 0 aromatic heterocycles. The monoisotopic (exact) mass is 478 g/mol. The molecule has 0 heterocycles. The Morgan fingerprint density at radius 2 is 1.73 bits per heavy atom. The molecule has 0 aliphatic carbocycles. The highest BCUT2D eigenvalue weighted by Crippen LogP contribution is 2.25. The summed E-state index contributed by atoms with van der Waals surface area (Å²) in [5.74, 6) is -4.60. The molecule has 0 atom stereocenters. The maximum absolute atomic E-state index is 12.7. The molecular formula is C19H18Cl2F2N2O4S. The van der Waals surface area contributed by atoms with Crippen LogP contribution >= 0.6 is 23.2 Å². The number of alkyl halides is 2. The van der Waals surface area contributed by atoms with Crippen LogP contribution in [0.3, 0.4) is 0 Å². The Morgan fingerprint density at radius 1 is 1.10 bits per heavy atom. The lowest BCUT2D eigenvalue weighted by Crippen LogP contribution is -2.38. The van der Waals surface area contributed by atoms with Crippen molar-refractivity contribution in [2.24, 2.45) is 0 Å². The van der Waals surface area contributed by atoms with Crippen molar-refractivity contribution in [1.29, 1.82) is 0 Å². The van der Waals surface area contributed by atoms with Crippen LogP contribution in [-0.4, -0.2) is 44.0 Å². The molecule has 11 heteroatoms. The van der Waals surface area contributed by atoms with Crippen molar-refractivity contribution in [2.45, 2.75) is 24.0 Å². The first-order valence-electron chi connectivity index (χ1n) is 8.72. The number of halogens is 4. The molecule has 0 unspecified atom stereocenters. The Kier molecular flexibility index (Phi) is 8.17. The van der Waals surface area contributed by atoms with Crippen molar-refractivity contribution in [3.05, 3.63) is 58.1 Å². The van der Waals surface area contributed by atoms with Gasteiger partial charge in [0.05, 0.1) is 15.6 Å². The van der Waals surface area contributed by atoms with Gasteiger partial charge in [0.2, 0.25) is 15.7 Å². The molecule has 0 aliphatic heterocycles. The summed E-state index contributed by atoms with van der Waals surface area (Å²) in [6.07, 6.45) is 0.554. The van der Waals surface area contributed by atoms with Gasteiger partial charge < -0.3 is 10.2 Å². The van der Waals surface area contributed by atoms with Crippen molar-refractivity contribution in [1.82, 2.24) is 4.90 Å². The number of hydrogen-bond acceptors (Lipinski definition) is 4. The maximum Gasteiger partial charge on any atom is 0.341 e. The van der Waals surface area contributed by atoms with Crippen LogP contribution in [0, 0.1) is 0 Å². The van der Waals surface area contributed by atoms with E-state index in [1.807, 2.05) is 6.92 Å². The van der Waals surface area contributed by atoms with Crippen molar-refractivity contribution in [3.8, 4) is 0 Å². The van der Waals surface area contributed by atoms with Crippen LogP contribution in [0.2, 0.25) is 10.0 Å².